The van der Waals surface area contributed by atoms with E-state index in [0.29, 0.717) is 17.7 Å². The van der Waals surface area contributed by atoms with Gasteiger partial charge in [0.1, 0.15) is 4.88 Å². The number of nitrogens with one attached hydrogen (secondary N) is 1. The fraction of sp³-hybridized carbons (Fsp3) is 0.692. The van der Waals surface area contributed by atoms with E-state index in [0.717, 1.165) is 35.9 Å². The molecule has 0 amide bonds. The van der Waals surface area contributed by atoms with Gasteiger partial charge in [0.2, 0.25) is 0 Å². The summed E-state index contributed by atoms with van der Waals surface area (Å²) in [6.45, 7) is 6.35. The van der Waals surface area contributed by atoms with Crippen LogP contribution in [0.5, 0.6) is 0 Å². The number of piperidine rings is 1. The molecule has 7 heteroatoms. The lowest BCUT2D eigenvalue weighted by molar-refractivity contribution is 0.360. The van der Waals surface area contributed by atoms with Gasteiger partial charge in [0.25, 0.3) is 5.89 Å². The SMILES string of the molecule is CC(C)c1nnsc1-c1nc(CC2CCCNC2)no1. The third kappa shape index (κ3) is 2.88. The van der Waals surface area contributed by atoms with Crippen LogP contribution in [-0.4, -0.2) is 32.8 Å². The minimum absolute atomic E-state index is 0.307. The van der Waals surface area contributed by atoms with Gasteiger partial charge in [0.15, 0.2) is 5.82 Å². The molecular weight excluding hydrogens is 274 g/mol. The molecule has 3 rings (SSSR count). The summed E-state index contributed by atoms with van der Waals surface area (Å²) in [6, 6.07) is 0. The Hall–Kier alpha value is -1.34. The van der Waals surface area contributed by atoms with Gasteiger partial charge < -0.3 is 9.84 Å². The zero-order chi connectivity index (χ0) is 13.9. The quantitative estimate of drug-likeness (QED) is 0.931. The van der Waals surface area contributed by atoms with E-state index in [1.807, 2.05) is 0 Å². The van der Waals surface area contributed by atoms with Crippen LogP contribution in [0.3, 0.4) is 0 Å². The van der Waals surface area contributed by atoms with Crippen LogP contribution in [0.2, 0.25) is 0 Å². The van der Waals surface area contributed by atoms with Crippen molar-refractivity contribution in [2.24, 2.45) is 5.92 Å². The maximum absolute atomic E-state index is 5.39. The minimum Gasteiger partial charge on any atom is -0.333 e. The van der Waals surface area contributed by atoms with Crippen LogP contribution < -0.4 is 5.32 Å². The minimum atomic E-state index is 0.307. The van der Waals surface area contributed by atoms with Crippen molar-refractivity contribution in [3.05, 3.63) is 11.5 Å². The molecule has 0 spiro atoms. The molecule has 0 radical (unpaired) electrons. The maximum Gasteiger partial charge on any atom is 0.271 e. The predicted octanol–water partition coefficient (Wildman–Crippen LogP) is 2.25. The summed E-state index contributed by atoms with van der Waals surface area (Å²) in [6.07, 6.45) is 3.33. The molecular formula is C13H19N5OS. The first kappa shape index (κ1) is 13.6. The Bertz CT molecular complexity index is 559. The zero-order valence-electron chi connectivity index (χ0n) is 11.8. The summed E-state index contributed by atoms with van der Waals surface area (Å²) in [7, 11) is 0. The molecule has 1 fully saturated rings. The second-order valence-corrected chi connectivity index (χ2v) is 6.33. The van der Waals surface area contributed by atoms with Crippen LogP contribution in [0.25, 0.3) is 10.8 Å². The average Bonchev–Trinajstić information content (AvgIpc) is 3.07. The van der Waals surface area contributed by atoms with Crippen LogP contribution in [0.1, 0.15) is 44.1 Å². The third-order valence-electron chi connectivity index (χ3n) is 3.59. The smallest absolute Gasteiger partial charge is 0.271 e. The number of hydrogen-bond acceptors (Lipinski definition) is 7. The monoisotopic (exact) mass is 293 g/mol. The summed E-state index contributed by atoms with van der Waals surface area (Å²) in [4.78, 5) is 5.42. The van der Waals surface area contributed by atoms with Gasteiger partial charge in [0.05, 0.1) is 5.69 Å². The second-order valence-electron chi connectivity index (χ2n) is 5.57. The number of aromatic nitrogens is 4. The van der Waals surface area contributed by atoms with Crippen molar-refractivity contribution in [2.45, 2.75) is 39.0 Å². The summed E-state index contributed by atoms with van der Waals surface area (Å²) in [5, 5.41) is 11.7. The normalized spacial score (nSPS) is 19.6. The zero-order valence-corrected chi connectivity index (χ0v) is 12.6. The predicted molar refractivity (Wildman–Crippen MR) is 76.6 cm³/mol. The van der Waals surface area contributed by atoms with Crippen LogP contribution in [0.4, 0.5) is 0 Å². The Morgan fingerprint density at radius 1 is 1.45 bits per heavy atom. The fourth-order valence-electron chi connectivity index (χ4n) is 2.51. The second kappa shape index (κ2) is 5.97. The molecule has 108 valence electrons. The fourth-order valence-corrected chi connectivity index (χ4v) is 3.25. The first-order valence-electron chi connectivity index (χ1n) is 7.10. The lowest BCUT2D eigenvalue weighted by atomic mass is 9.96. The van der Waals surface area contributed by atoms with E-state index >= 15 is 0 Å². The van der Waals surface area contributed by atoms with Crippen LogP contribution >= 0.6 is 11.5 Å². The summed E-state index contributed by atoms with van der Waals surface area (Å²) < 4.78 is 9.39. The van der Waals surface area contributed by atoms with Gasteiger partial charge in [-0.15, -0.1) is 5.10 Å². The Labute approximate surface area is 122 Å². The van der Waals surface area contributed by atoms with Crippen LogP contribution in [-0.2, 0) is 6.42 Å². The van der Waals surface area contributed by atoms with Gasteiger partial charge in [-0.05, 0) is 49.3 Å². The van der Waals surface area contributed by atoms with Crippen molar-refractivity contribution >= 4 is 11.5 Å². The van der Waals surface area contributed by atoms with Crippen LogP contribution in [0, 0.1) is 5.92 Å². The molecule has 1 aliphatic heterocycles. The molecule has 2 aromatic heterocycles. The lowest BCUT2D eigenvalue weighted by Crippen LogP contribution is -2.31. The Kier molecular flexibility index (Phi) is 4.07. The van der Waals surface area contributed by atoms with Gasteiger partial charge in [0, 0.05) is 6.42 Å². The molecule has 1 unspecified atom stereocenters. The number of nitrogens with zero attached hydrogens (tertiary/aromatic N) is 4. The van der Waals surface area contributed by atoms with Gasteiger partial charge in [-0.1, -0.05) is 23.5 Å². The van der Waals surface area contributed by atoms with Gasteiger partial charge in [-0.3, -0.25) is 0 Å². The van der Waals surface area contributed by atoms with Crippen molar-refractivity contribution < 1.29 is 4.52 Å². The molecule has 1 aliphatic rings. The van der Waals surface area contributed by atoms with E-state index in [1.165, 1.54) is 24.4 Å². The summed E-state index contributed by atoms with van der Waals surface area (Å²) in [5.74, 6) is 2.26. The van der Waals surface area contributed by atoms with E-state index < -0.39 is 0 Å². The largest absolute Gasteiger partial charge is 0.333 e. The number of hydrogen-bond donors (Lipinski definition) is 1. The highest BCUT2D eigenvalue weighted by molar-refractivity contribution is 7.09. The topological polar surface area (TPSA) is 76.7 Å². The summed E-state index contributed by atoms with van der Waals surface area (Å²) in [5.41, 5.74) is 0.935. The summed E-state index contributed by atoms with van der Waals surface area (Å²) >= 11 is 1.32. The molecule has 1 N–H and O–H groups in total. The average molecular weight is 293 g/mol. The van der Waals surface area contributed by atoms with E-state index in [2.05, 4.69) is 38.9 Å². The molecule has 2 aromatic rings. The molecule has 0 aliphatic carbocycles. The molecule has 1 saturated heterocycles. The molecule has 6 nitrogen and oxygen atoms in total. The van der Waals surface area contributed by atoms with Crippen molar-refractivity contribution in [1.29, 1.82) is 0 Å². The van der Waals surface area contributed by atoms with Gasteiger partial charge in [-0.25, -0.2) is 0 Å². The highest BCUT2D eigenvalue weighted by Gasteiger charge is 2.21. The molecule has 0 saturated carbocycles. The molecule has 1 atom stereocenters. The molecule has 3 heterocycles. The van der Waals surface area contributed by atoms with Crippen LogP contribution in [0.15, 0.2) is 4.52 Å². The highest BCUT2D eigenvalue weighted by Crippen LogP contribution is 2.29. The standard InChI is InChI=1S/C13H19N5OS/c1-8(2)11-12(20-18-16-11)13-15-10(17-19-13)6-9-4-3-5-14-7-9/h8-9,14H,3-7H2,1-2H3. The Morgan fingerprint density at radius 3 is 3.10 bits per heavy atom. The first-order valence-corrected chi connectivity index (χ1v) is 7.87. The Morgan fingerprint density at radius 2 is 2.35 bits per heavy atom. The van der Waals surface area contributed by atoms with Gasteiger partial charge >= 0.3 is 0 Å². The Balaban J connectivity index is 1.74. The van der Waals surface area contributed by atoms with E-state index in [9.17, 15) is 0 Å². The van der Waals surface area contributed by atoms with E-state index in [4.69, 9.17) is 4.52 Å². The molecule has 20 heavy (non-hydrogen) atoms. The third-order valence-corrected chi connectivity index (χ3v) is 4.32. The van der Waals surface area contributed by atoms with Crippen molar-refractivity contribution in [2.75, 3.05) is 13.1 Å². The molecule has 0 aromatic carbocycles. The number of rotatable bonds is 4. The first-order chi connectivity index (χ1) is 9.74. The molecule has 0 bridgehead atoms. The maximum atomic E-state index is 5.39. The van der Waals surface area contributed by atoms with Crippen molar-refractivity contribution in [3.8, 4) is 10.8 Å². The van der Waals surface area contributed by atoms with Gasteiger partial charge in [-0.2, -0.15) is 4.98 Å². The van der Waals surface area contributed by atoms with Crippen molar-refractivity contribution in [1.82, 2.24) is 25.0 Å². The van der Waals surface area contributed by atoms with E-state index in [1.54, 1.807) is 0 Å². The van der Waals surface area contributed by atoms with E-state index in [-0.39, 0.29) is 0 Å². The van der Waals surface area contributed by atoms with Crippen molar-refractivity contribution in [3.63, 3.8) is 0 Å². The lowest BCUT2D eigenvalue weighted by Gasteiger charge is -2.20. The highest BCUT2D eigenvalue weighted by atomic mass is 32.1.